The third-order valence-corrected chi connectivity index (χ3v) is 3.65. The van der Waals surface area contributed by atoms with Crippen LogP contribution in [0.1, 0.15) is 42.0 Å². The molecule has 1 unspecified atom stereocenters. The molecule has 0 saturated carbocycles. The molecule has 3 N–H and O–H groups in total. The fourth-order valence-electron chi connectivity index (χ4n) is 2.18. The minimum absolute atomic E-state index is 0.0767. The van der Waals surface area contributed by atoms with E-state index in [4.69, 9.17) is 5.21 Å². The fraction of sp³-hybridized carbons (Fsp3) is 0.500. The summed E-state index contributed by atoms with van der Waals surface area (Å²) in [5.41, 5.74) is 3.46. The molecule has 3 amide bonds. The minimum atomic E-state index is -0.630. The van der Waals surface area contributed by atoms with Gasteiger partial charge in [0, 0.05) is 31.2 Å². The average Bonchev–Trinajstić information content (AvgIpc) is 2.52. The summed E-state index contributed by atoms with van der Waals surface area (Å²) in [5.74, 6) is -0.630. The molecule has 2 rings (SSSR count). The van der Waals surface area contributed by atoms with Gasteiger partial charge >= 0.3 is 6.03 Å². The fourth-order valence-corrected chi connectivity index (χ4v) is 2.18. The number of carbonyl (C=O) groups excluding carboxylic acids is 2. The molecule has 0 saturated heterocycles. The quantitative estimate of drug-likeness (QED) is 0.573. The van der Waals surface area contributed by atoms with Crippen LogP contribution in [0.2, 0.25) is 0 Å². The standard InChI is InChI=1S/C14H20N4O3/c1-3-9(2)15-14(20)18-7-6-11-10(8-18)4-5-12(16-11)13(19)17-21/h4-5,9,21H,3,6-8H2,1-2H3,(H,15,20)(H,17,19). The Morgan fingerprint density at radius 3 is 2.90 bits per heavy atom. The summed E-state index contributed by atoms with van der Waals surface area (Å²) < 4.78 is 0. The Morgan fingerprint density at radius 1 is 1.48 bits per heavy atom. The van der Waals surface area contributed by atoms with Crippen LogP contribution in [0.5, 0.6) is 0 Å². The lowest BCUT2D eigenvalue weighted by Crippen LogP contribution is -2.45. The van der Waals surface area contributed by atoms with Gasteiger partial charge in [-0.1, -0.05) is 13.0 Å². The summed E-state index contributed by atoms with van der Waals surface area (Å²) in [4.78, 5) is 29.4. The van der Waals surface area contributed by atoms with E-state index in [1.165, 1.54) is 0 Å². The van der Waals surface area contributed by atoms with E-state index in [1.807, 2.05) is 13.8 Å². The summed E-state index contributed by atoms with van der Waals surface area (Å²) in [5, 5.41) is 11.6. The van der Waals surface area contributed by atoms with E-state index >= 15 is 0 Å². The van der Waals surface area contributed by atoms with Gasteiger partial charge in [-0.05, 0) is 25.0 Å². The number of rotatable bonds is 3. The first-order valence-electron chi connectivity index (χ1n) is 7.03. The van der Waals surface area contributed by atoms with Gasteiger partial charge in [-0.15, -0.1) is 0 Å². The first-order valence-corrected chi connectivity index (χ1v) is 7.03. The number of carbonyl (C=O) groups is 2. The molecule has 1 atom stereocenters. The smallest absolute Gasteiger partial charge is 0.317 e. The number of fused-ring (bicyclic) bond motifs is 1. The Bertz CT molecular complexity index is 547. The first kappa shape index (κ1) is 15.2. The highest BCUT2D eigenvalue weighted by molar-refractivity contribution is 5.91. The van der Waals surface area contributed by atoms with Crippen LogP contribution in [0, 0.1) is 0 Å². The molecular formula is C14H20N4O3. The number of aromatic nitrogens is 1. The Balaban J connectivity index is 2.07. The number of hydrogen-bond acceptors (Lipinski definition) is 4. The van der Waals surface area contributed by atoms with Crippen molar-refractivity contribution >= 4 is 11.9 Å². The van der Waals surface area contributed by atoms with Gasteiger partial charge in [-0.25, -0.2) is 15.3 Å². The zero-order chi connectivity index (χ0) is 15.4. The molecule has 7 heteroatoms. The van der Waals surface area contributed by atoms with E-state index in [0.29, 0.717) is 19.5 Å². The van der Waals surface area contributed by atoms with E-state index < -0.39 is 5.91 Å². The van der Waals surface area contributed by atoms with Gasteiger partial charge in [0.05, 0.1) is 0 Å². The van der Waals surface area contributed by atoms with Crippen molar-refractivity contribution < 1.29 is 14.8 Å². The molecule has 0 radical (unpaired) electrons. The predicted molar refractivity (Wildman–Crippen MR) is 75.9 cm³/mol. The molecule has 0 fully saturated rings. The van der Waals surface area contributed by atoms with Crippen molar-refractivity contribution in [3.8, 4) is 0 Å². The number of urea groups is 1. The van der Waals surface area contributed by atoms with Crippen LogP contribution in [0.3, 0.4) is 0 Å². The Kier molecular flexibility index (Phi) is 4.74. The van der Waals surface area contributed by atoms with Crippen molar-refractivity contribution in [2.75, 3.05) is 6.54 Å². The number of hydrogen-bond donors (Lipinski definition) is 3. The average molecular weight is 292 g/mol. The third-order valence-electron chi connectivity index (χ3n) is 3.65. The van der Waals surface area contributed by atoms with E-state index in [0.717, 1.165) is 17.7 Å². The number of amides is 3. The number of pyridine rings is 1. The Labute approximate surface area is 123 Å². The van der Waals surface area contributed by atoms with Crippen LogP contribution in [0.15, 0.2) is 12.1 Å². The zero-order valence-electron chi connectivity index (χ0n) is 12.2. The van der Waals surface area contributed by atoms with E-state index in [-0.39, 0.29) is 17.8 Å². The first-order chi connectivity index (χ1) is 10.0. The highest BCUT2D eigenvalue weighted by Gasteiger charge is 2.23. The van der Waals surface area contributed by atoms with Crippen molar-refractivity contribution in [2.45, 2.75) is 39.3 Å². The van der Waals surface area contributed by atoms with Gasteiger partial charge in [0.1, 0.15) is 5.69 Å². The maximum absolute atomic E-state index is 12.1. The molecule has 2 heterocycles. The molecule has 1 aliphatic heterocycles. The summed E-state index contributed by atoms with van der Waals surface area (Å²) in [6.45, 7) is 5.03. The summed E-state index contributed by atoms with van der Waals surface area (Å²) in [6.07, 6.45) is 1.48. The Morgan fingerprint density at radius 2 is 2.24 bits per heavy atom. The van der Waals surface area contributed by atoms with Crippen LogP contribution in [0.4, 0.5) is 4.79 Å². The maximum Gasteiger partial charge on any atom is 0.317 e. The molecule has 21 heavy (non-hydrogen) atoms. The lowest BCUT2D eigenvalue weighted by molar-refractivity contribution is 0.0700. The maximum atomic E-state index is 12.1. The second-order valence-corrected chi connectivity index (χ2v) is 5.17. The molecular weight excluding hydrogens is 272 g/mol. The monoisotopic (exact) mass is 292 g/mol. The molecule has 1 aliphatic rings. The molecule has 1 aromatic rings. The Hall–Kier alpha value is -2.15. The molecule has 0 bridgehead atoms. The van der Waals surface area contributed by atoms with Gasteiger partial charge in [-0.3, -0.25) is 10.0 Å². The van der Waals surface area contributed by atoms with Crippen LogP contribution >= 0.6 is 0 Å². The molecule has 0 spiro atoms. The van der Waals surface area contributed by atoms with E-state index in [2.05, 4.69) is 10.3 Å². The van der Waals surface area contributed by atoms with Crippen molar-refractivity contribution in [3.05, 3.63) is 29.1 Å². The van der Waals surface area contributed by atoms with E-state index in [1.54, 1.807) is 22.5 Å². The van der Waals surface area contributed by atoms with Gasteiger partial charge in [0.15, 0.2) is 0 Å². The lowest BCUT2D eigenvalue weighted by Gasteiger charge is -2.29. The van der Waals surface area contributed by atoms with E-state index in [9.17, 15) is 9.59 Å². The molecule has 114 valence electrons. The minimum Gasteiger partial charge on any atom is -0.336 e. The van der Waals surface area contributed by atoms with Crippen molar-refractivity contribution in [1.82, 2.24) is 20.7 Å². The second-order valence-electron chi connectivity index (χ2n) is 5.17. The van der Waals surface area contributed by atoms with Gasteiger partial charge in [0.2, 0.25) is 0 Å². The third kappa shape index (κ3) is 3.49. The van der Waals surface area contributed by atoms with Crippen molar-refractivity contribution in [1.29, 1.82) is 0 Å². The highest BCUT2D eigenvalue weighted by Crippen LogP contribution is 2.18. The summed E-state index contributed by atoms with van der Waals surface area (Å²) >= 11 is 0. The van der Waals surface area contributed by atoms with Crippen molar-refractivity contribution in [2.24, 2.45) is 0 Å². The molecule has 1 aromatic heterocycles. The number of hydroxylamine groups is 1. The molecule has 0 aromatic carbocycles. The number of nitrogens with zero attached hydrogens (tertiary/aromatic N) is 2. The summed E-state index contributed by atoms with van der Waals surface area (Å²) in [7, 11) is 0. The van der Waals surface area contributed by atoms with Crippen LogP contribution in [-0.2, 0) is 13.0 Å². The van der Waals surface area contributed by atoms with Crippen molar-refractivity contribution in [3.63, 3.8) is 0 Å². The van der Waals surface area contributed by atoms with Gasteiger partial charge < -0.3 is 10.2 Å². The van der Waals surface area contributed by atoms with Crippen LogP contribution in [0.25, 0.3) is 0 Å². The second kappa shape index (κ2) is 6.53. The summed E-state index contributed by atoms with van der Waals surface area (Å²) in [6, 6.07) is 3.38. The number of nitrogens with one attached hydrogen (secondary N) is 2. The normalized spacial score (nSPS) is 15.1. The SMILES string of the molecule is CCC(C)NC(=O)N1CCc2nc(C(=O)NO)ccc2C1. The largest absolute Gasteiger partial charge is 0.336 e. The highest BCUT2D eigenvalue weighted by atomic mass is 16.5. The molecule has 7 nitrogen and oxygen atoms in total. The predicted octanol–water partition coefficient (Wildman–Crippen LogP) is 1.07. The molecule has 0 aliphatic carbocycles. The van der Waals surface area contributed by atoms with Gasteiger partial charge in [0.25, 0.3) is 5.91 Å². The van der Waals surface area contributed by atoms with Crippen LogP contribution in [-0.4, -0.2) is 39.6 Å². The van der Waals surface area contributed by atoms with Gasteiger partial charge in [-0.2, -0.15) is 0 Å². The lowest BCUT2D eigenvalue weighted by atomic mass is 10.1. The van der Waals surface area contributed by atoms with Crippen LogP contribution < -0.4 is 10.8 Å². The topological polar surface area (TPSA) is 94.6 Å². The zero-order valence-corrected chi connectivity index (χ0v) is 12.2.